The molecule has 2 fully saturated rings. The SMILES string of the molecule is CC(C)CC1CN(CC2CCC(C)(C)O2)C(C(C)C)CN1. The molecule has 3 heteroatoms. The van der Waals surface area contributed by atoms with Gasteiger partial charge in [0.1, 0.15) is 0 Å². The maximum atomic E-state index is 6.23. The van der Waals surface area contributed by atoms with Crippen molar-refractivity contribution in [1.82, 2.24) is 10.2 Å². The molecule has 2 aliphatic heterocycles. The molecule has 0 radical (unpaired) electrons. The Balaban J connectivity index is 1.94. The molecule has 3 unspecified atom stereocenters. The fraction of sp³-hybridized carbons (Fsp3) is 1.00. The van der Waals surface area contributed by atoms with Gasteiger partial charge in [-0.1, -0.05) is 27.7 Å². The van der Waals surface area contributed by atoms with Crippen molar-refractivity contribution in [3.05, 3.63) is 0 Å². The number of rotatable bonds is 5. The maximum absolute atomic E-state index is 6.23. The predicted octanol–water partition coefficient (Wildman–Crippen LogP) is 3.29. The zero-order chi connectivity index (χ0) is 15.6. The summed E-state index contributed by atoms with van der Waals surface area (Å²) in [6, 6.07) is 1.30. The highest BCUT2D eigenvalue weighted by atomic mass is 16.5. The van der Waals surface area contributed by atoms with E-state index < -0.39 is 0 Å². The summed E-state index contributed by atoms with van der Waals surface area (Å²) >= 11 is 0. The van der Waals surface area contributed by atoms with Crippen molar-refractivity contribution in [2.75, 3.05) is 19.6 Å². The summed E-state index contributed by atoms with van der Waals surface area (Å²) < 4.78 is 6.23. The van der Waals surface area contributed by atoms with Crippen molar-refractivity contribution in [3.63, 3.8) is 0 Å². The zero-order valence-electron chi connectivity index (χ0n) is 15.0. The summed E-state index contributed by atoms with van der Waals surface area (Å²) in [5, 5.41) is 3.77. The molecule has 1 N–H and O–H groups in total. The Hall–Kier alpha value is -0.120. The van der Waals surface area contributed by atoms with E-state index in [4.69, 9.17) is 4.74 Å². The van der Waals surface area contributed by atoms with Gasteiger partial charge in [0.05, 0.1) is 11.7 Å². The van der Waals surface area contributed by atoms with Crippen molar-refractivity contribution in [1.29, 1.82) is 0 Å². The second kappa shape index (κ2) is 6.97. The van der Waals surface area contributed by atoms with Crippen LogP contribution in [0.2, 0.25) is 0 Å². The largest absolute Gasteiger partial charge is 0.371 e. The van der Waals surface area contributed by atoms with Crippen molar-refractivity contribution in [2.45, 2.75) is 84.6 Å². The standard InChI is InChI=1S/C18H36N2O/c1-13(2)9-15-11-20(17(10-19-15)14(3)4)12-16-7-8-18(5,6)21-16/h13-17,19H,7-12H2,1-6H3. The van der Waals surface area contributed by atoms with E-state index in [1.54, 1.807) is 0 Å². The van der Waals surface area contributed by atoms with Crippen LogP contribution < -0.4 is 5.32 Å². The first-order chi connectivity index (χ1) is 9.77. The predicted molar refractivity (Wildman–Crippen MR) is 89.6 cm³/mol. The summed E-state index contributed by atoms with van der Waals surface area (Å²) in [7, 11) is 0. The molecular formula is C18H36N2O. The minimum atomic E-state index is 0.0867. The van der Waals surface area contributed by atoms with E-state index in [1.165, 1.54) is 25.8 Å². The van der Waals surface area contributed by atoms with Crippen LogP contribution in [-0.4, -0.2) is 48.3 Å². The van der Waals surface area contributed by atoms with Crippen LogP contribution in [0.5, 0.6) is 0 Å². The van der Waals surface area contributed by atoms with E-state index in [9.17, 15) is 0 Å². The fourth-order valence-electron chi connectivity index (χ4n) is 3.96. The minimum Gasteiger partial charge on any atom is -0.371 e. The lowest BCUT2D eigenvalue weighted by atomic mass is 9.94. The molecule has 2 saturated heterocycles. The number of hydrogen-bond donors (Lipinski definition) is 1. The summed E-state index contributed by atoms with van der Waals surface area (Å²) in [4.78, 5) is 2.71. The first-order valence-electron chi connectivity index (χ1n) is 8.92. The average Bonchev–Trinajstić information content (AvgIpc) is 2.67. The molecule has 2 heterocycles. The molecular weight excluding hydrogens is 260 g/mol. The van der Waals surface area contributed by atoms with E-state index >= 15 is 0 Å². The monoisotopic (exact) mass is 296 g/mol. The lowest BCUT2D eigenvalue weighted by molar-refractivity contribution is -0.0425. The molecule has 2 aliphatic rings. The molecule has 0 amide bonds. The molecule has 124 valence electrons. The molecule has 0 aromatic heterocycles. The minimum absolute atomic E-state index is 0.0867. The van der Waals surface area contributed by atoms with Gasteiger partial charge >= 0.3 is 0 Å². The van der Waals surface area contributed by atoms with Crippen molar-refractivity contribution in [2.24, 2.45) is 11.8 Å². The smallest absolute Gasteiger partial charge is 0.0710 e. The Kier molecular flexibility index (Phi) is 5.72. The van der Waals surface area contributed by atoms with Crippen molar-refractivity contribution in [3.8, 4) is 0 Å². The van der Waals surface area contributed by atoms with E-state index in [-0.39, 0.29) is 5.60 Å². The third-order valence-electron chi connectivity index (χ3n) is 5.06. The maximum Gasteiger partial charge on any atom is 0.0710 e. The van der Waals surface area contributed by atoms with Crippen molar-refractivity contribution < 1.29 is 4.74 Å². The average molecular weight is 296 g/mol. The van der Waals surface area contributed by atoms with Gasteiger partial charge in [-0.05, 0) is 44.9 Å². The van der Waals surface area contributed by atoms with Gasteiger partial charge in [-0.2, -0.15) is 0 Å². The number of hydrogen-bond acceptors (Lipinski definition) is 3. The van der Waals surface area contributed by atoms with Crippen LogP contribution in [-0.2, 0) is 4.74 Å². The highest BCUT2D eigenvalue weighted by Gasteiger charge is 2.36. The third kappa shape index (κ3) is 4.94. The Morgan fingerprint density at radius 2 is 1.95 bits per heavy atom. The molecule has 0 aliphatic carbocycles. The van der Waals surface area contributed by atoms with Gasteiger partial charge in [0.2, 0.25) is 0 Å². The first-order valence-corrected chi connectivity index (χ1v) is 8.92. The van der Waals surface area contributed by atoms with Gasteiger partial charge in [-0.3, -0.25) is 4.90 Å². The fourth-order valence-corrected chi connectivity index (χ4v) is 3.96. The Morgan fingerprint density at radius 3 is 2.48 bits per heavy atom. The highest BCUT2D eigenvalue weighted by Crippen LogP contribution is 2.31. The lowest BCUT2D eigenvalue weighted by Gasteiger charge is -2.44. The van der Waals surface area contributed by atoms with Gasteiger partial charge in [0, 0.05) is 31.7 Å². The molecule has 3 atom stereocenters. The number of ether oxygens (including phenoxy) is 1. The Labute approximate surface area is 131 Å². The summed E-state index contributed by atoms with van der Waals surface area (Å²) in [6.07, 6.45) is 4.12. The van der Waals surface area contributed by atoms with Gasteiger partial charge in [0.25, 0.3) is 0 Å². The molecule has 0 spiro atoms. The van der Waals surface area contributed by atoms with Crippen LogP contribution in [0.1, 0.15) is 60.8 Å². The lowest BCUT2D eigenvalue weighted by Crippen LogP contribution is -2.59. The zero-order valence-corrected chi connectivity index (χ0v) is 15.0. The second-order valence-electron chi connectivity index (χ2n) is 8.54. The molecule has 3 nitrogen and oxygen atoms in total. The van der Waals surface area contributed by atoms with Gasteiger partial charge in [0.15, 0.2) is 0 Å². The second-order valence-corrected chi connectivity index (χ2v) is 8.54. The summed E-state index contributed by atoms with van der Waals surface area (Å²) in [6.45, 7) is 17.2. The molecule has 0 aromatic carbocycles. The van der Waals surface area contributed by atoms with E-state index in [1.807, 2.05) is 0 Å². The van der Waals surface area contributed by atoms with E-state index in [0.717, 1.165) is 19.0 Å². The Bertz CT molecular complexity index is 327. The van der Waals surface area contributed by atoms with Gasteiger partial charge in [-0.25, -0.2) is 0 Å². The van der Waals surface area contributed by atoms with Crippen molar-refractivity contribution >= 4 is 0 Å². The van der Waals surface area contributed by atoms with Crippen LogP contribution in [0.4, 0.5) is 0 Å². The van der Waals surface area contributed by atoms with Crippen LogP contribution in [0.25, 0.3) is 0 Å². The van der Waals surface area contributed by atoms with E-state index in [2.05, 4.69) is 51.8 Å². The number of nitrogens with one attached hydrogen (secondary N) is 1. The summed E-state index contributed by atoms with van der Waals surface area (Å²) in [5.74, 6) is 1.47. The van der Waals surface area contributed by atoms with Gasteiger partial charge in [-0.15, -0.1) is 0 Å². The normalized spacial score (nSPS) is 34.0. The number of nitrogens with zero attached hydrogens (tertiary/aromatic N) is 1. The molecule has 0 bridgehead atoms. The molecule has 2 rings (SSSR count). The molecule has 0 saturated carbocycles. The topological polar surface area (TPSA) is 24.5 Å². The van der Waals surface area contributed by atoms with Gasteiger partial charge < -0.3 is 10.1 Å². The third-order valence-corrected chi connectivity index (χ3v) is 5.06. The Morgan fingerprint density at radius 1 is 1.24 bits per heavy atom. The van der Waals surface area contributed by atoms with Crippen LogP contribution in [0, 0.1) is 11.8 Å². The van der Waals surface area contributed by atoms with Crippen LogP contribution in [0.3, 0.4) is 0 Å². The highest BCUT2D eigenvalue weighted by molar-refractivity contribution is 4.91. The van der Waals surface area contributed by atoms with E-state index in [0.29, 0.717) is 24.1 Å². The van der Waals surface area contributed by atoms with Crippen LogP contribution >= 0.6 is 0 Å². The molecule has 0 aromatic rings. The quantitative estimate of drug-likeness (QED) is 0.842. The number of piperazine rings is 1. The first kappa shape index (κ1) is 17.2. The van der Waals surface area contributed by atoms with Crippen LogP contribution in [0.15, 0.2) is 0 Å². The summed E-state index contributed by atoms with van der Waals surface area (Å²) in [5.41, 5.74) is 0.0867. The molecule has 21 heavy (non-hydrogen) atoms.